The average molecular weight is 312 g/mol. The van der Waals surface area contributed by atoms with Crippen molar-refractivity contribution in [3.63, 3.8) is 0 Å². The van der Waals surface area contributed by atoms with Crippen LogP contribution < -0.4 is 15.2 Å². The molecular formula is C16H16N4O3. The summed E-state index contributed by atoms with van der Waals surface area (Å²) in [5.74, 6) is 2.36. The molecule has 3 rings (SSSR count). The Morgan fingerprint density at radius 1 is 1.22 bits per heavy atom. The molecule has 0 amide bonds. The minimum Gasteiger partial charge on any atom is -0.494 e. The van der Waals surface area contributed by atoms with Gasteiger partial charge in [-0.25, -0.2) is 19.4 Å². The van der Waals surface area contributed by atoms with E-state index in [1.165, 1.54) is 4.57 Å². The van der Waals surface area contributed by atoms with E-state index in [9.17, 15) is 4.79 Å². The number of hydrogen-bond acceptors (Lipinski definition) is 5. The average Bonchev–Trinajstić information content (AvgIpc) is 2.88. The molecule has 2 heterocycles. The molecule has 118 valence electrons. The fourth-order valence-electron chi connectivity index (χ4n) is 2.16. The van der Waals surface area contributed by atoms with E-state index in [-0.39, 0.29) is 5.69 Å². The molecule has 2 aromatic heterocycles. The van der Waals surface area contributed by atoms with E-state index < -0.39 is 0 Å². The molecule has 0 aliphatic carbocycles. The maximum absolute atomic E-state index is 11.7. The van der Waals surface area contributed by atoms with Crippen LogP contribution in [-0.4, -0.2) is 26.4 Å². The van der Waals surface area contributed by atoms with Crippen LogP contribution in [0.5, 0.6) is 17.4 Å². The van der Waals surface area contributed by atoms with Crippen LogP contribution in [0.2, 0.25) is 0 Å². The van der Waals surface area contributed by atoms with Crippen molar-refractivity contribution in [3.8, 4) is 23.1 Å². The predicted molar refractivity (Wildman–Crippen MR) is 84.4 cm³/mol. The number of aromatic amines is 1. The second-order valence-corrected chi connectivity index (χ2v) is 4.78. The first-order valence-corrected chi connectivity index (χ1v) is 7.18. The first-order chi connectivity index (χ1) is 11.2. The molecule has 0 saturated carbocycles. The van der Waals surface area contributed by atoms with Crippen molar-refractivity contribution in [2.75, 3.05) is 6.61 Å². The molecule has 23 heavy (non-hydrogen) atoms. The summed E-state index contributed by atoms with van der Waals surface area (Å²) in [6, 6.07) is 10.8. The van der Waals surface area contributed by atoms with Crippen LogP contribution in [0.4, 0.5) is 0 Å². The molecule has 0 bridgehead atoms. The monoisotopic (exact) mass is 312 g/mol. The third kappa shape index (κ3) is 3.23. The molecule has 0 saturated heterocycles. The maximum atomic E-state index is 11.7. The summed E-state index contributed by atoms with van der Waals surface area (Å²) >= 11 is 0. The van der Waals surface area contributed by atoms with Gasteiger partial charge in [-0.3, -0.25) is 0 Å². The Labute approximate surface area is 132 Å². The Hall–Kier alpha value is -3.09. The van der Waals surface area contributed by atoms with E-state index in [2.05, 4.69) is 15.2 Å². The number of ether oxygens (including phenoxy) is 2. The second kappa shape index (κ2) is 6.35. The molecule has 7 nitrogen and oxygen atoms in total. The molecule has 0 aliphatic rings. The zero-order chi connectivity index (χ0) is 16.2. The maximum Gasteiger partial charge on any atom is 0.347 e. The van der Waals surface area contributed by atoms with Crippen LogP contribution in [0, 0.1) is 6.92 Å². The van der Waals surface area contributed by atoms with E-state index in [1.807, 2.05) is 25.1 Å². The quantitative estimate of drug-likeness (QED) is 0.782. The van der Waals surface area contributed by atoms with E-state index in [0.717, 1.165) is 5.75 Å². The molecule has 0 aliphatic heterocycles. The van der Waals surface area contributed by atoms with E-state index in [0.29, 0.717) is 29.7 Å². The number of benzene rings is 1. The van der Waals surface area contributed by atoms with Crippen molar-refractivity contribution in [2.45, 2.75) is 13.8 Å². The Kier molecular flexibility index (Phi) is 4.09. The molecule has 0 spiro atoms. The lowest BCUT2D eigenvalue weighted by Gasteiger charge is -2.08. The van der Waals surface area contributed by atoms with Gasteiger partial charge in [-0.1, -0.05) is 6.07 Å². The number of pyridine rings is 1. The zero-order valence-corrected chi connectivity index (χ0v) is 12.8. The first-order valence-electron chi connectivity index (χ1n) is 7.18. The van der Waals surface area contributed by atoms with Crippen molar-refractivity contribution >= 4 is 0 Å². The van der Waals surface area contributed by atoms with Gasteiger partial charge in [-0.2, -0.15) is 5.10 Å². The van der Waals surface area contributed by atoms with Crippen molar-refractivity contribution in [2.24, 2.45) is 0 Å². The van der Waals surface area contributed by atoms with Gasteiger partial charge in [0.2, 0.25) is 5.88 Å². The van der Waals surface area contributed by atoms with Crippen LogP contribution in [0.3, 0.4) is 0 Å². The van der Waals surface area contributed by atoms with Gasteiger partial charge in [0.15, 0.2) is 0 Å². The van der Waals surface area contributed by atoms with E-state index in [1.54, 1.807) is 31.3 Å². The van der Waals surface area contributed by atoms with Gasteiger partial charge in [0.25, 0.3) is 0 Å². The summed E-state index contributed by atoms with van der Waals surface area (Å²) in [6.07, 6.45) is 1.56. The molecule has 0 atom stereocenters. The number of nitrogens with zero attached hydrogens (tertiary/aromatic N) is 3. The van der Waals surface area contributed by atoms with Gasteiger partial charge in [0.05, 0.1) is 18.5 Å². The van der Waals surface area contributed by atoms with Gasteiger partial charge >= 0.3 is 5.69 Å². The van der Waals surface area contributed by atoms with Crippen LogP contribution in [0.1, 0.15) is 12.7 Å². The molecular weight excluding hydrogens is 296 g/mol. The third-order valence-electron chi connectivity index (χ3n) is 3.16. The summed E-state index contributed by atoms with van der Waals surface area (Å²) in [6.45, 7) is 4.25. The topological polar surface area (TPSA) is 82.0 Å². The molecule has 0 radical (unpaired) electrons. The first kappa shape index (κ1) is 14.8. The zero-order valence-electron chi connectivity index (χ0n) is 12.8. The summed E-state index contributed by atoms with van der Waals surface area (Å²) in [5.41, 5.74) is 0.319. The molecule has 1 aromatic carbocycles. The fraction of sp³-hybridized carbons (Fsp3) is 0.188. The van der Waals surface area contributed by atoms with E-state index >= 15 is 0 Å². The number of rotatable bonds is 5. The largest absolute Gasteiger partial charge is 0.494 e. The molecule has 0 fully saturated rings. The van der Waals surface area contributed by atoms with Gasteiger partial charge in [0, 0.05) is 12.1 Å². The highest BCUT2D eigenvalue weighted by Crippen LogP contribution is 2.24. The number of hydrogen-bond donors (Lipinski definition) is 1. The number of H-pyrrole nitrogens is 1. The van der Waals surface area contributed by atoms with Crippen LogP contribution in [-0.2, 0) is 0 Å². The Balaban J connectivity index is 1.80. The lowest BCUT2D eigenvalue weighted by Crippen LogP contribution is -2.15. The van der Waals surface area contributed by atoms with Crippen molar-refractivity contribution in [3.05, 3.63) is 58.9 Å². The lowest BCUT2D eigenvalue weighted by atomic mass is 10.3. The minimum atomic E-state index is -0.303. The van der Waals surface area contributed by atoms with Crippen molar-refractivity contribution in [1.29, 1.82) is 0 Å². The lowest BCUT2D eigenvalue weighted by molar-refractivity contribution is 0.338. The standard InChI is InChI=1S/C16H16N4O3/c1-3-22-13-5-4-6-14(9-13)23-15-8-7-12(10-17-15)20-11(2)18-19-16(20)21/h4-10H,3H2,1-2H3,(H,19,21). The van der Waals surface area contributed by atoms with Crippen LogP contribution in [0.15, 0.2) is 47.4 Å². The Bertz CT molecular complexity index is 852. The normalized spacial score (nSPS) is 10.5. The highest BCUT2D eigenvalue weighted by atomic mass is 16.5. The highest BCUT2D eigenvalue weighted by Gasteiger charge is 2.07. The number of aromatic nitrogens is 4. The SMILES string of the molecule is CCOc1cccc(Oc2ccc(-n3c(C)n[nH]c3=O)cn2)c1. The minimum absolute atomic E-state index is 0.303. The predicted octanol–water partition coefficient (Wildman–Crippen LogP) is 2.46. The van der Waals surface area contributed by atoms with Crippen LogP contribution >= 0.6 is 0 Å². The van der Waals surface area contributed by atoms with Gasteiger partial charge < -0.3 is 9.47 Å². The number of aryl methyl sites for hydroxylation is 1. The summed E-state index contributed by atoms with van der Waals surface area (Å²) in [7, 11) is 0. The molecule has 0 unspecified atom stereocenters. The molecule has 7 heteroatoms. The Morgan fingerprint density at radius 3 is 2.70 bits per heavy atom. The molecule has 3 aromatic rings. The van der Waals surface area contributed by atoms with Gasteiger partial charge in [0.1, 0.15) is 17.3 Å². The summed E-state index contributed by atoms with van der Waals surface area (Å²) in [4.78, 5) is 15.9. The van der Waals surface area contributed by atoms with Gasteiger partial charge in [-0.15, -0.1) is 0 Å². The highest BCUT2D eigenvalue weighted by molar-refractivity contribution is 5.37. The van der Waals surface area contributed by atoms with Crippen molar-refractivity contribution < 1.29 is 9.47 Å². The smallest absolute Gasteiger partial charge is 0.347 e. The Morgan fingerprint density at radius 2 is 2.04 bits per heavy atom. The third-order valence-corrected chi connectivity index (χ3v) is 3.16. The second-order valence-electron chi connectivity index (χ2n) is 4.78. The fourth-order valence-corrected chi connectivity index (χ4v) is 2.16. The van der Waals surface area contributed by atoms with Crippen molar-refractivity contribution in [1.82, 2.24) is 19.7 Å². The van der Waals surface area contributed by atoms with E-state index in [4.69, 9.17) is 9.47 Å². The summed E-state index contributed by atoms with van der Waals surface area (Å²) < 4.78 is 12.6. The van der Waals surface area contributed by atoms with Crippen LogP contribution in [0.25, 0.3) is 5.69 Å². The summed E-state index contributed by atoms with van der Waals surface area (Å²) in [5, 5.41) is 6.25. The van der Waals surface area contributed by atoms with Gasteiger partial charge in [-0.05, 0) is 32.0 Å². The molecule has 1 N–H and O–H groups in total. The number of nitrogens with one attached hydrogen (secondary N) is 1.